The van der Waals surface area contributed by atoms with Crippen LogP contribution in [0.1, 0.15) is 52.4 Å². The molecule has 0 spiro atoms. The molecule has 7 nitrogen and oxygen atoms in total. The molecule has 0 fully saturated rings. The second-order valence-corrected chi connectivity index (χ2v) is 4.33. The number of ether oxygens (including phenoxy) is 1. The molecular weight excluding hydrogens is 371 g/mol. The first kappa shape index (κ1) is 26.0. The van der Waals surface area contributed by atoms with Gasteiger partial charge in [-0.25, -0.2) is 0 Å². The Morgan fingerprint density at radius 2 is 1.36 bits per heavy atom. The Hall–Kier alpha value is -0.877. The first-order valence-corrected chi connectivity index (χ1v) is 6.84. The van der Waals surface area contributed by atoms with Crippen molar-refractivity contribution in [2.75, 3.05) is 13.2 Å². The van der Waals surface area contributed by atoms with E-state index in [-0.39, 0.29) is 38.6 Å². The van der Waals surface area contributed by atoms with Crippen LogP contribution in [0, 0.1) is 0 Å². The van der Waals surface area contributed by atoms with Gasteiger partial charge in [0.05, 0.1) is 0 Å². The van der Waals surface area contributed by atoms with Crippen LogP contribution in [0.15, 0.2) is 0 Å². The largest absolute Gasteiger partial charge is 2.00 e. The minimum Gasteiger partial charge on any atom is -0.550 e. The zero-order valence-electron chi connectivity index (χ0n) is 13.0. The van der Waals surface area contributed by atoms with Crippen LogP contribution in [0.5, 0.6) is 0 Å². The van der Waals surface area contributed by atoms with Gasteiger partial charge in [0.15, 0.2) is 5.78 Å². The van der Waals surface area contributed by atoms with E-state index in [9.17, 15) is 29.4 Å². The fourth-order valence-electron chi connectivity index (χ4n) is 1.17. The summed E-state index contributed by atoms with van der Waals surface area (Å²) < 4.78 is 4.90. The minimum absolute atomic E-state index is 0. The minimum atomic E-state index is -1.35. The number of Topliss-reactive ketones (excluding diaryl/α,β-unsaturated/α-hetero) is 2. The summed E-state index contributed by atoms with van der Waals surface area (Å²) in [5.41, 5.74) is 0. The topological polar surface area (TPSA) is 124 Å². The van der Waals surface area contributed by atoms with Crippen LogP contribution >= 0.6 is 0 Å². The molecule has 0 amide bonds. The molecule has 0 bridgehead atoms. The van der Waals surface area contributed by atoms with Crippen LogP contribution in [0.3, 0.4) is 0 Å². The first-order chi connectivity index (χ1) is 9.83. The summed E-state index contributed by atoms with van der Waals surface area (Å²) in [5, 5.41) is 19.7. The Kier molecular flexibility index (Phi) is 21.5. The molecule has 124 valence electrons. The number of hydrogen-bond donors (Lipinski definition) is 0. The molecule has 0 saturated heterocycles. The molecule has 0 aromatic carbocycles. The predicted molar refractivity (Wildman–Crippen MR) is 69.9 cm³/mol. The van der Waals surface area contributed by atoms with Crippen molar-refractivity contribution in [2.24, 2.45) is 0 Å². The van der Waals surface area contributed by atoms with Crippen LogP contribution in [-0.2, 0) is 50.1 Å². The number of carboxylic acids is 2. The molecule has 8 heteroatoms. The Morgan fingerprint density at radius 3 is 1.77 bits per heavy atom. The maximum absolute atomic E-state index is 10.7. The van der Waals surface area contributed by atoms with Gasteiger partial charge in [-0.1, -0.05) is 20.3 Å². The van der Waals surface area contributed by atoms with Gasteiger partial charge in [0.2, 0.25) is 0 Å². The van der Waals surface area contributed by atoms with Crippen molar-refractivity contribution in [3.05, 3.63) is 0 Å². The van der Waals surface area contributed by atoms with Crippen molar-refractivity contribution in [1.29, 1.82) is 0 Å². The van der Waals surface area contributed by atoms with Gasteiger partial charge >= 0.3 is 26.2 Å². The van der Waals surface area contributed by atoms with E-state index >= 15 is 0 Å². The molecular formula is C14H22O7Zr. The monoisotopic (exact) mass is 392 g/mol. The fraction of sp³-hybridized carbons (Fsp3) is 0.714. The second kappa shape index (κ2) is 18.2. The van der Waals surface area contributed by atoms with Gasteiger partial charge < -0.3 is 24.5 Å². The SMILES string of the molecule is CCCC(=O)CC(=O)[O-].CCCCOCC(=O)CC(=O)[O-].[Zr+2]. The average Bonchev–Trinajstić information content (AvgIpc) is 2.34. The van der Waals surface area contributed by atoms with E-state index in [1.165, 1.54) is 0 Å². The molecule has 0 unspecified atom stereocenters. The maximum Gasteiger partial charge on any atom is 2.00 e. The first-order valence-electron chi connectivity index (χ1n) is 6.84. The van der Waals surface area contributed by atoms with E-state index in [2.05, 4.69) is 0 Å². The maximum atomic E-state index is 10.7. The summed E-state index contributed by atoms with van der Waals surface area (Å²) in [7, 11) is 0. The van der Waals surface area contributed by atoms with Crippen molar-refractivity contribution in [3.8, 4) is 0 Å². The van der Waals surface area contributed by atoms with Gasteiger partial charge in [-0.2, -0.15) is 0 Å². The van der Waals surface area contributed by atoms with Crippen LogP contribution in [0.25, 0.3) is 0 Å². The number of rotatable bonds is 11. The third-order valence-corrected chi connectivity index (χ3v) is 2.12. The van der Waals surface area contributed by atoms with E-state index in [0.29, 0.717) is 19.4 Å². The van der Waals surface area contributed by atoms with Crippen LogP contribution in [0.2, 0.25) is 0 Å². The molecule has 0 radical (unpaired) electrons. The van der Waals surface area contributed by atoms with Crippen molar-refractivity contribution >= 4 is 23.5 Å². The van der Waals surface area contributed by atoms with E-state index in [4.69, 9.17) is 4.74 Å². The van der Waals surface area contributed by atoms with Gasteiger partial charge in [-0.05, 0) is 12.8 Å². The summed E-state index contributed by atoms with van der Waals surface area (Å²) in [6.07, 6.45) is 1.94. The number of aliphatic carboxylic acids is 2. The Bertz CT molecular complexity index is 342. The second-order valence-electron chi connectivity index (χ2n) is 4.33. The number of carbonyl (C=O) groups excluding carboxylic acids is 4. The molecule has 0 aliphatic carbocycles. The third-order valence-electron chi connectivity index (χ3n) is 2.12. The normalized spacial score (nSPS) is 9.00. The smallest absolute Gasteiger partial charge is 0.550 e. The summed E-state index contributed by atoms with van der Waals surface area (Å²) in [4.78, 5) is 40.8. The van der Waals surface area contributed by atoms with Gasteiger partial charge in [-0.15, -0.1) is 0 Å². The molecule has 0 aromatic heterocycles. The van der Waals surface area contributed by atoms with Crippen LogP contribution in [0.4, 0.5) is 0 Å². The number of ketones is 2. The molecule has 0 aliphatic heterocycles. The number of unbranched alkanes of at least 4 members (excludes halogenated alkanes) is 1. The third kappa shape index (κ3) is 24.2. The summed E-state index contributed by atoms with van der Waals surface area (Å²) >= 11 is 0. The van der Waals surface area contributed by atoms with Gasteiger partial charge in [0.1, 0.15) is 12.4 Å². The van der Waals surface area contributed by atoms with Gasteiger partial charge in [-0.3, -0.25) is 9.59 Å². The molecule has 0 rings (SSSR count). The number of carboxylic acid groups (broad SMARTS) is 2. The Balaban J connectivity index is -0.000000326. The Labute approximate surface area is 149 Å². The van der Waals surface area contributed by atoms with E-state index in [1.807, 2.05) is 13.8 Å². The van der Waals surface area contributed by atoms with E-state index in [1.54, 1.807) is 0 Å². The van der Waals surface area contributed by atoms with Gasteiger partial charge in [0.25, 0.3) is 0 Å². The van der Waals surface area contributed by atoms with Crippen LogP contribution < -0.4 is 10.2 Å². The standard InChI is InChI=1S/C8H14O4.C6H10O3.Zr/c1-2-3-4-12-6-7(9)5-8(10)11;1-2-3-5(7)4-6(8)9;/h2-6H2,1H3,(H,10,11);2-4H2,1H3,(H,8,9);/q;;+2/p-2. The van der Waals surface area contributed by atoms with Crippen LogP contribution in [-0.4, -0.2) is 36.7 Å². The Morgan fingerprint density at radius 1 is 0.864 bits per heavy atom. The fourth-order valence-corrected chi connectivity index (χ4v) is 1.17. The molecule has 0 aliphatic rings. The van der Waals surface area contributed by atoms with Crippen molar-refractivity contribution in [1.82, 2.24) is 0 Å². The average molecular weight is 394 g/mol. The van der Waals surface area contributed by atoms with Crippen molar-refractivity contribution in [3.63, 3.8) is 0 Å². The van der Waals surface area contributed by atoms with Crippen molar-refractivity contribution < 1.29 is 60.3 Å². The summed E-state index contributed by atoms with van der Waals surface area (Å²) in [5.74, 6) is -3.32. The molecule has 0 atom stereocenters. The quantitative estimate of drug-likeness (QED) is 0.326. The summed E-state index contributed by atoms with van der Waals surface area (Å²) in [6, 6.07) is 0. The zero-order valence-corrected chi connectivity index (χ0v) is 15.5. The predicted octanol–water partition coefficient (Wildman–Crippen LogP) is -0.995. The zero-order chi connectivity index (χ0) is 16.7. The molecule has 0 heterocycles. The van der Waals surface area contributed by atoms with E-state index < -0.39 is 30.6 Å². The number of hydrogen-bond acceptors (Lipinski definition) is 7. The molecule has 0 N–H and O–H groups in total. The molecule has 0 saturated carbocycles. The number of carbonyl (C=O) groups is 4. The molecule has 22 heavy (non-hydrogen) atoms. The molecule has 0 aromatic rings. The van der Waals surface area contributed by atoms with E-state index in [0.717, 1.165) is 12.8 Å². The van der Waals surface area contributed by atoms with Crippen molar-refractivity contribution in [2.45, 2.75) is 52.4 Å². The van der Waals surface area contributed by atoms with Gasteiger partial charge in [0, 0.05) is 37.8 Å². The summed E-state index contributed by atoms with van der Waals surface area (Å²) in [6.45, 7) is 4.22.